The number of anilines is 1. The highest BCUT2D eigenvalue weighted by Gasteiger charge is 2.17. The molecule has 0 aliphatic carbocycles. The SMILES string of the molecule is C=COCCCNc1ncc(-c2cc(OC)nc(OC)n2)c(-c2ccco2)n1. The second-order valence-electron chi connectivity index (χ2n) is 5.53. The minimum atomic E-state index is 0.184. The van der Waals surface area contributed by atoms with Crippen LogP contribution in [0.25, 0.3) is 22.7 Å². The van der Waals surface area contributed by atoms with Crippen molar-refractivity contribution in [1.29, 1.82) is 0 Å². The summed E-state index contributed by atoms with van der Waals surface area (Å²) in [5, 5.41) is 3.17. The number of nitrogens with zero attached hydrogens (tertiary/aromatic N) is 4. The number of ether oxygens (including phenoxy) is 3. The molecule has 146 valence electrons. The summed E-state index contributed by atoms with van der Waals surface area (Å²) in [6, 6.07) is 5.49. The van der Waals surface area contributed by atoms with Crippen LogP contribution in [0.5, 0.6) is 11.9 Å². The summed E-state index contributed by atoms with van der Waals surface area (Å²) in [5.41, 5.74) is 1.81. The summed E-state index contributed by atoms with van der Waals surface area (Å²) in [7, 11) is 3.02. The van der Waals surface area contributed by atoms with E-state index < -0.39 is 0 Å². The van der Waals surface area contributed by atoms with E-state index in [-0.39, 0.29) is 6.01 Å². The van der Waals surface area contributed by atoms with Crippen LogP contribution in [0.15, 0.2) is 47.9 Å². The van der Waals surface area contributed by atoms with Crippen LogP contribution in [-0.2, 0) is 4.74 Å². The van der Waals surface area contributed by atoms with Crippen LogP contribution in [0.4, 0.5) is 5.95 Å². The second kappa shape index (κ2) is 9.36. The topological polar surface area (TPSA) is 104 Å². The van der Waals surface area contributed by atoms with Crippen molar-refractivity contribution < 1.29 is 18.6 Å². The van der Waals surface area contributed by atoms with E-state index in [0.29, 0.717) is 47.7 Å². The van der Waals surface area contributed by atoms with Gasteiger partial charge in [0, 0.05) is 24.4 Å². The molecule has 0 aliphatic heterocycles. The zero-order valence-corrected chi connectivity index (χ0v) is 15.7. The van der Waals surface area contributed by atoms with Gasteiger partial charge in [-0.15, -0.1) is 0 Å². The van der Waals surface area contributed by atoms with E-state index in [1.54, 1.807) is 24.6 Å². The molecule has 9 nitrogen and oxygen atoms in total. The summed E-state index contributed by atoms with van der Waals surface area (Å²) in [6.45, 7) is 4.74. The third-order valence-corrected chi connectivity index (χ3v) is 3.73. The lowest BCUT2D eigenvalue weighted by Crippen LogP contribution is -2.08. The monoisotopic (exact) mass is 383 g/mol. The molecule has 0 saturated carbocycles. The van der Waals surface area contributed by atoms with Crippen LogP contribution in [-0.4, -0.2) is 47.3 Å². The van der Waals surface area contributed by atoms with Gasteiger partial charge >= 0.3 is 6.01 Å². The highest BCUT2D eigenvalue weighted by atomic mass is 16.5. The predicted octanol–water partition coefficient (Wildman–Crippen LogP) is 3.17. The van der Waals surface area contributed by atoms with E-state index in [4.69, 9.17) is 18.6 Å². The van der Waals surface area contributed by atoms with Gasteiger partial charge in [-0.1, -0.05) is 6.58 Å². The van der Waals surface area contributed by atoms with Gasteiger partial charge < -0.3 is 23.9 Å². The quantitative estimate of drug-likeness (QED) is 0.417. The summed E-state index contributed by atoms with van der Waals surface area (Å²) < 4.78 is 21.0. The van der Waals surface area contributed by atoms with Crippen molar-refractivity contribution in [3.63, 3.8) is 0 Å². The maximum atomic E-state index is 5.55. The predicted molar refractivity (Wildman–Crippen MR) is 103 cm³/mol. The third-order valence-electron chi connectivity index (χ3n) is 3.73. The Morgan fingerprint density at radius 3 is 2.82 bits per heavy atom. The van der Waals surface area contributed by atoms with Gasteiger partial charge in [-0.3, -0.25) is 0 Å². The molecule has 0 bridgehead atoms. The number of rotatable bonds is 10. The van der Waals surface area contributed by atoms with Gasteiger partial charge in [0.1, 0.15) is 5.69 Å². The van der Waals surface area contributed by atoms with Crippen molar-refractivity contribution in [2.24, 2.45) is 0 Å². The zero-order chi connectivity index (χ0) is 19.8. The summed E-state index contributed by atoms with van der Waals surface area (Å²) >= 11 is 0. The molecule has 0 radical (unpaired) electrons. The summed E-state index contributed by atoms with van der Waals surface area (Å²) in [5.74, 6) is 1.44. The first kappa shape index (κ1) is 19.2. The molecular formula is C19H21N5O4. The first-order chi connectivity index (χ1) is 13.7. The van der Waals surface area contributed by atoms with Crippen LogP contribution in [0, 0.1) is 0 Å². The maximum absolute atomic E-state index is 5.55. The molecule has 0 aromatic carbocycles. The van der Waals surface area contributed by atoms with Crippen molar-refractivity contribution in [3.05, 3.63) is 43.5 Å². The third kappa shape index (κ3) is 4.56. The first-order valence-electron chi connectivity index (χ1n) is 8.60. The molecule has 3 heterocycles. The fourth-order valence-electron chi connectivity index (χ4n) is 2.43. The molecule has 9 heteroatoms. The van der Waals surface area contributed by atoms with Gasteiger partial charge in [-0.2, -0.15) is 9.97 Å². The highest BCUT2D eigenvalue weighted by molar-refractivity contribution is 5.77. The second-order valence-corrected chi connectivity index (χ2v) is 5.53. The van der Waals surface area contributed by atoms with E-state index in [9.17, 15) is 0 Å². The summed E-state index contributed by atoms with van der Waals surface area (Å²) in [4.78, 5) is 17.5. The van der Waals surface area contributed by atoms with Gasteiger partial charge in [0.2, 0.25) is 11.8 Å². The van der Waals surface area contributed by atoms with E-state index in [1.165, 1.54) is 20.5 Å². The minimum Gasteiger partial charge on any atom is -0.502 e. The number of hydrogen-bond acceptors (Lipinski definition) is 9. The number of aromatic nitrogens is 4. The molecule has 0 atom stereocenters. The van der Waals surface area contributed by atoms with Crippen LogP contribution < -0.4 is 14.8 Å². The molecule has 0 aliphatic rings. The van der Waals surface area contributed by atoms with Gasteiger partial charge in [0.25, 0.3) is 0 Å². The van der Waals surface area contributed by atoms with Crippen molar-refractivity contribution in [2.45, 2.75) is 6.42 Å². The maximum Gasteiger partial charge on any atom is 0.320 e. The van der Waals surface area contributed by atoms with Crippen LogP contribution in [0.3, 0.4) is 0 Å². The smallest absolute Gasteiger partial charge is 0.320 e. The zero-order valence-electron chi connectivity index (χ0n) is 15.7. The Kier molecular flexibility index (Phi) is 6.40. The van der Waals surface area contributed by atoms with Gasteiger partial charge in [-0.25, -0.2) is 9.97 Å². The normalized spacial score (nSPS) is 10.4. The molecule has 0 saturated heterocycles. The Balaban J connectivity index is 1.94. The number of furan rings is 1. The average molecular weight is 383 g/mol. The number of hydrogen-bond donors (Lipinski definition) is 1. The van der Waals surface area contributed by atoms with Gasteiger partial charge in [0.05, 0.1) is 39.0 Å². The Morgan fingerprint density at radius 2 is 2.11 bits per heavy atom. The fourth-order valence-corrected chi connectivity index (χ4v) is 2.43. The molecule has 0 fully saturated rings. The van der Waals surface area contributed by atoms with Gasteiger partial charge in [0.15, 0.2) is 5.76 Å². The molecule has 3 rings (SSSR count). The highest BCUT2D eigenvalue weighted by Crippen LogP contribution is 2.32. The number of methoxy groups -OCH3 is 2. The molecule has 0 unspecified atom stereocenters. The Bertz CT molecular complexity index is 892. The largest absolute Gasteiger partial charge is 0.502 e. The average Bonchev–Trinajstić information content (AvgIpc) is 3.28. The van der Waals surface area contributed by atoms with Crippen molar-refractivity contribution in [3.8, 4) is 34.6 Å². The Labute approximate surface area is 162 Å². The van der Waals surface area contributed by atoms with Crippen LogP contribution in [0.2, 0.25) is 0 Å². The molecule has 3 aromatic heterocycles. The lowest BCUT2D eigenvalue weighted by Gasteiger charge is -2.11. The van der Waals surface area contributed by atoms with Crippen LogP contribution >= 0.6 is 0 Å². The molecular weight excluding hydrogens is 362 g/mol. The molecule has 3 aromatic rings. The van der Waals surface area contributed by atoms with E-state index >= 15 is 0 Å². The lowest BCUT2D eigenvalue weighted by molar-refractivity contribution is 0.249. The minimum absolute atomic E-state index is 0.184. The standard InChI is InChI=1S/C19H21N5O4/c1-4-27-9-6-8-20-18-21-12-13(17(24-18)15-7-5-10-28-15)14-11-16(25-2)23-19(22-14)26-3/h4-5,7,10-12H,1,6,8-9H2,2-3H3,(H,20,21,24). The van der Waals surface area contributed by atoms with Crippen molar-refractivity contribution in [1.82, 2.24) is 19.9 Å². The lowest BCUT2D eigenvalue weighted by atomic mass is 10.1. The van der Waals surface area contributed by atoms with E-state index in [1.807, 2.05) is 6.07 Å². The number of nitrogens with one attached hydrogen (secondary N) is 1. The van der Waals surface area contributed by atoms with E-state index in [2.05, 4.69) is 31.8 Å². The molecule has 0 amide bonds. The Hall–Kier alpha value is -3.62. The van der Waals surface area contributed by atoms with Crippen molar-refractivity contribution in [2.75, 3.05) is 32.7 Å². The van der Waals surface area contributed by atoms with Crippen molar-refractivity contribution >= 4 is 5.95 Å². The molecule has 0 spiro atoms. The van der Waals surface area contributed by atoms with E-state index in [0.717, 1.165) is 6.42 Å². The van der Waals surface area contributed by atoms with Crippen LogP contribution in [0.1, 0.15) is 6.42 Å². The molecule has 1 N–H and O–H groups in total. The van der Waals surface area contributed by atoms with Gasteiger partial charge in [-0.05, 0) is 18.6 Å². The summed E-state index contributed by atoms with van der Waals surface area (Å²) in [6.07, 6.45) is 5.47. The Morgan fingerprint density at radius 1 is 1.21 bits per heavy atom. The molecule has 28 heavy (non-hydrogen) atoms. The first-order valence-corrected chi connectivity index (χ1v) is 8.60. The fraction of sp³-hybridized carbons (Fsp3) is 0.263.